The summed E-state index contributed by atoms with van der Waals surface area (Å²) in [5, 5.41) is 3.89. The van der Waals surface area contributed by atoms with Crippen molar-refractivity contribution in [1.82, 2.24) is 5.32 Å². The first-order chi connectivity index (χ1) is 11.2. The molecule has 0 spiro atoms. The summed E-state index contributed by atoms with van der Waals surface area (Å²) in [4.78, 5) is 13.0. The van der Waals surface area contributed by atoms with Crippen LogP contribution in [0.3, 0.4) is 0 Å². The summed E-state index contributed by atoms with van der Waals surface area (Å²) in [5.74, 6) is 0. The van der Waals surface area contributed by atoms with Crippen LogP contribution in [0.2, 0.25) is 5.02 Å². The third-order valence-corrected chi connectivity index (χ3v) is 5.45. The molecule has 23 heavy (non-hydrogen) atoms. The number of hydrogen-bond donors (Lipinski definition) is 1. The Morgan fingerprint density at radius 2 is 2.00 bits per heavy atom. The number of carbonyl (C=O) groups is 1. The van der Waals surface area contributed by atoms with Crippen molar-refractivity contribution in [2.24, 2.45) is 0 Å². The lowest BCUT2D eigenvalue weighted by Crippen LogP contribution is -2.37. The summed E-state index contributed by atoms with van der Waals surface area (Å²) in [5.41, 5.74) is 2.55. The second-order valence-electron chi connectivity index (χ2n) is 5.37. The van der Waals surface area contributed by atoms with Crippen LogP contribution in [0.15, 0.2) is 53.4 Å². The lowest BCUT2D eigenvalue weighted by atomic mass is 10.1. The van der Waals surface area contributed by atoms with Crippen LogP contribution in [-0.4, -0.2) is 18.7 Å². The lowest BCUT2D eigenvalue weighted by Gasteiger charge is -2.21. The number of benzene rings is 2. The molecule has 2 aromatic carbocycles. The molecular formula is C18H18ClNO2S. The van der Waals surface area contributed by atoms with Gasteiger partial charge in [0.2, 0.25) is 0 Å². The van der Waals surface area contributed by atoms with Gasteiger partial charge in [0.1, 0.15) is 0 Å². The van der Waals surface area contributed by atoms with E-state index in [1.165, 1.54) is 11.1 Å². The van der Waals surface area contributed by atoms with Crippen LogP contribution in [-0.2, 0) is 11.2 Å². The molecule has 0 radical (unpaired) electrons. The predicted molar refractivity (Wildman–Crippen MR) is 94.1 cm³/mol. The summed E-state index contributed by atoms with van der Waals surface area (Å²) in [6.07, 6.45) is 0.465. The van der Waals surface area contributed by atoms with E-state index in [0.29, 0.717) is 6.61 Å². The van der Waals surface area contributed by atoms with Gasteiger partial charge in [-0.2, -0.15) is 0 Å². The van der Waals surface area contributed by atoms with E-state index in [2.05, 4.69) is 17.4 Å². The Bertz CT molecular complexity index is 690. The highest BCUT2D eigenvalue weighted by atomic mass is 35.5. The van der Waals surface area contributed by atoms with Crippen molar-refractivity contribution < 1.29 is 9.53 Å². The number of fused-ring (bicyclic) bond motifs is 1. The monoisotopic (exact) mass is 347 g/mol. The minimum atomic E-state index is -0.355. The first-order valence-electron chi connectivity index (χ1n) is 7.60. The predicted octanol–water partition coefficient (Wildman–Crippen LogP) is 4.84. The molecule has 3 rings (SSSR count). The molecule has 120 valence electrons. The molecule has 1 N–H and O–H groups in total. The van der Waals surface area contributed by atoms with Crippen molar-refractivity contribution >= 4 is 29.5 Å². The Hall–Kier alpha value is -1.65. The van der Waals surface area contributed by atoms with Gasteiger partial charge in [0.05, 0.1) is 17.9 Å². The van der Waals surface area contributed by atoms with Crippen molar-refractivity contribution in [1.29, 1.82) is 0 Å². The zero-order chi connectivity index (χ0) is 16.2. The normalized spacial score (nSPS) is 19.2. The fourth-order valence-electron chi connectivity index (χ4n) is 2.81. The lowest BCUT2D eigenvalue weighted by molar-refractivity contribution is 0.148. The van der Waals surface area contributed by atoms with Crippen LogP contribution >= 0.6 is 23.4 Å². The Morgan fingerprint density at radius 3 is 2.74 bits per heavy atom. The summed E-state index contributed by atoms with van der Waals surface area (Å²) >= 11 is 7.70. The highest BCUT2D eigenvalue weighted by molar-refractivity contribution is 7.99. The van der Waals surface area contributed by atoms with Crippen molar-refractivity contribution in [2.45, 2.75) is 29.5 Å². The number of ether oxygens (including phenoxy) is 1. The van der Waals surface area contributed by atoms with Crippen molar-refractivity contribution in [3.05, 3.63) is 64.7 Å². The molecule has 2 aromatic rings. The molecule has 0 fully saturated rings. The number of carbonyl (C=O) groups excluding carboxylic acids is 1. The fraction of sp³-hybridized carbons (Fsp3) is 0.278. The molecule has 0 bridgehead atoms. The van der Waals surface area contributed by atoms with Crippen molar-refractivity contribution in [3.8, 4) is 0 Å². The fourth-order valence-corrected chi connectivity index (χ4v) is 4.21. The Labute approximate surface area is 145 Å². The number of hydrogen-bond acceptors (Lipinski definition) is 3. The minimum absolute atomic E-state index is 0.0205. The minimum Gasteiger partial charge on any atom is -0.450 e. The van der Waals surface area contributed by atoms with Crippen LogP contribution in [0, 0.1) is 0 Å². The molecule has 0 aromatic heterocycles. The van der Waals surface area contributed by atoms with E-state index >= 15 is 0 Å². The molecule has 0 saturated heterocycles. The van der Waals surface area contributed by atoms with E-state index in [1.54, 1.807) is 11.8 Å². The van der Waals surface area contributed by atoms with Gasteiger partial charge in [-0.15, -0.1) is 11.8 Å². The van der Waals surface area contributed by atoms with Gasteiger partial charge in [0, 0.05) is 9.92 Å². The van der Waals surface area contributed by atoms with Crippen molar-refractivity contribution in [2.75, 3.05) is 6.61 Å². The summed E-state index contributed by atoms with van der Waals surface area (Å²) in [6, 6.07) is 16.2. The SMILES string of the molecule is CCOC(=O)N[C@@H]1Cc2ccccc2[C@H]1Sc1ccc(Cl)cc1. The molecule has 2 atom stereocenters. The number of nitrogens with one attached hydrogen (secondary N) is 1. The average molecular weight is 348 g/mol. The molecule has 1 aliphatic carbocycles. The number of amides is 1. The van der Waals surface area contributed by atoms with Crippen LogP contribution in [0.5, 0.6) is 0 Å². The average Bonchev–Trinajstić information content (AvgIpc) is 2.87. The first-order valence-corrected chi connectivity index (χ1v) is 8.86. The molecule has 0 unspecified atom stereocenters. The third-order valence-electron chi connectivity index (χ3n) is 3.82. The molecular weight excluding hydrogens is 330 g/mol. The van der Waals surface area contributed by atoms with E-state index < -0.39 is 0 Å². The van der Waals surface area contributed by atoms with Gasteiger partial charge in [-0.3, -0.25) is 0 Å². The van der Waals surface area contributed by atoms with Gasteiger partial charge in [0.15, 0.2) is 0 Å². The zero-order valence-corrected chi connectivity index (χ0v) is 14.4. The summed E-state index contributed by atoms with van der Waals surface area (Å²) in [7, 11) is 0. The second-order valence-corrected chi connectivity index (χ2v) is 7.02. The van der Waals surface area contributed by atoms with E-state index in [1.807, 2.05) is 43.3 Å². The maximum absolute atomic E-state index is 11.8. The van der Waals surface area contributed by atoms with Gasteiger partial charge in [0.25, 0.3) is 0 Å². The van der Waals surface area contributed by atoms with Gasteiger partial charge in [-0.25, -0.2) is 4.79 Å². The molecule has 0 saturated carbocycles. The molecule has 1 amide bonds. The van der Waals surface area contributed by atoms with Gasteiger partial charge in [-0.1, -0.05) is 35.9 Å². The van der Waals surface area contributed by atoms with Crippen LogP contribution in [0.25, 0.3) is 0 Å². The van der Waals surface area contributed by atoms with E-state index in [-0.39, 0.29) is 17.4 Å². The number of alkyl carbamates (subject to hydrolysis) is 1. The van der Waals surface area contributed by atoms with Crippen LogP contribution in [0.4, 0.5) is 4.79 Å². The number of halogens is 1. The Morgan fingerprint density at radius 1 is 1.26 bits per heavy atom. The smallest absolute Gasteiger partial charge is 0.407 e. The van der Waals surface area contributed by atoms with Crippen molar-refractivity contribution in [3.63, 3.8) is 0 Å². The highest BCUT2D eigenvalue weighted by Crippen LogP contribution is 2.44. The van der Waals surface area contributed by atoms with Crippen LogP contribution in [0.1, 0.15) is 23.3 Å². The first kappa shape index (κ1) is 16.2. The van der Waals surface area contributed by atoms with E-state index in [4.69, 9.17) is 16.3 Å². The maximum atomic E-state index is 11.8. The second kappa shape index (κ2) is 7.28. The van der Waals surface area contributed by atoms with E-state index in [9.17, 15) is 4.79 Å². The summed E-state index contributed by atoms with van der Waals surface area (Å²) < 4.78 is 5.04. The number of thioether (sulfide) groups is 1. The Balaban J connectivity index is 1.82. The van der Waals surface area contributed by atoms with Gasteiger partial charge in [-0.05, 0) is 48.7 Å². The highest BCUT2D eigenvalue weighted by Gasteiger charge is 2.34. The Kier molecular flexibility index (Phi) is 5.13. The number of rotatable bonds is 4. The van der Waals surface area contributed by atoms with E-state index in [0.717, 1.165) is 16.3 Å². The molecule has 1 aliphatic rings. The van der Waals surface area contributed by atoms with Crippen LogP contribution < -0.4 is 5.32 Å². The quantitative estimate of drug-likeness (QED) is 0.859. The molecule has 0 aliphatic heterocycles. The molecule has 5 heteroatoms. The molecule has 3 nitrogen and oxygen atoms in total. The summed E-state index contributed by atoms with van der Waals surface area (Å²) in [6.45, 7) is 2.18. The zero-order valence-electron chi connectivity index (χ0n) is 12.8. The topological polar surface area (TPSA) is 38.3 Å². The third kappa shape index (κ3) is 3.82. The van der Waals surface area contributed by atoms with Gasteiger partial charge < -0.3 is 10.1 Å². The van der Waals surface area contributed by atoms with Gasteiger partial charge >= 0.3 is 6.09 Å². The maximum Gasteiger partial charge on any atom is 0.407 e. The largest absolute Gasteiger partial charge is 0.450 e. The standard InChI is InChI=1S/C18H18ClNO2S/c1-2-22-18(21)20-16-11-12-5-3-4-6-15(12)17(16)23-14-9-7-13(19)8-10-14/h3-10,16-17H,2,11H2,1H3,(H,20,21)/t16-,17-/m1/s1. The molecule has 0 heterocycles.